The Bertz CT molecular complexity index is 394. The quantitative estimate of drug-likeness (QED) is 0.808. The molecule has 0 radical (unpaired) electrons. The summed E-state index contributed by atoms with van der Waals surface area (Å²) in [6.45, 7) is 5.75. The molecule has 1 rings (SSSR count). The zero-order valence-electron chi connectivity index (χ0n) is 10.9. The first-order valence-corrected chi connectivity index (χ1v) is 5.78. The van der Waals surface area contributed by atoms with Gasteiger partial charge in [-0.3, -0.25) is 4.79 Å². The number of hydrogen-bond acceptors (Lipinski definition) is 4. The van der Waals surface area contributed by atoms with Crippen molar-refractivity contribution in [2.75, 3.05) is 13.1 Å². The van der Waals surface area contributed by atoms with Gasteiger partial charge in [0.1, 0.15) is 5.60 Å². The van der Waals surface area contributed by atoms with Crippen molar-refractivity contribution in [1.82, 2.24) is 4.90 Å². The summed E-state index contributed by atoms with van der Waals surface area (Å²) in [6, 6.07) is 2.03. The molecular formula is C12H18N2O4. The summed E-state index contributed by atoms with van der Waals surface area (Å²) in [4.78, 5) is 23.9. The zero-order valence-corrected chi connectivity index (χ0v) is 10.9. The largest absolute Gasteiger partial charge is 0.481 e. The van der Waals surface area contributed by atoms with Gasteiger partial charge in [-0.25, -0.2) is 4.79 Å². The van der Waals surface area contributed by atoms with Crippen molar-refractivity contribution in [2.45, 2.75) is 39.2 Å². The Morgan fingerprint density at radius 3 is 2.56 bits per heavy atom. The van der Waals surface area contributed by atoms with Gasteiger partial charge in [0, 0.05) is 13.1 Å². The van der Waals surface area contributed by atoms with Gasteiger partial charge in [0.05, 0.1) is 17.9 Å². The van der Waals surface area contributed by atoms with Crippen molar-refractivity contribution in [3.8, 4) is 6.07 Å². The molecule has 1 amide bonds. The first-order valence-electron chi connectivity index (χ1n) is 5.78. The topological polar surface area (TPSA) is 90.6 Å². The molecule has 6 nitrogen and oxygen atoms in total. The summed E-state index contributed by atoms with van der Waals surface area (Å²) >= 11 is 0. The molecule has 1 heterocycles. The monoisotopic (exact) mass is 254 g/mol. The van der Waals surface area contributed by atoms with Gasteiger partial charge < -0.3 is 14.7 Å². The molecule has 0 aromatic rings. The minimum atomic E-state index is -1.03. The van der Waals surface area contributed by atoms with E-state index in [1.807, 2.05) is 6.07 Å². The van der Waals surface area contributed by atoms with Crippen LogP contribution in [0.15, 0.2) is 0 Å². The van der Waals surface area contributed by atoms with Crippen molar-refractivity contribution in [3.63, 3.8) is 0 Å². The highest BCUT2D eigenvalue weighted by Gasteiger charge is 2.43. The van der Waals surface area contributed by atoms with Crippen LogP contribution in [0.3, 0.4) is 0 Å². The minimum absolute atomic E-state index is 0.116. The van der Waals surface area contributed by atoms with Gasteiger partial charge >= 0.3 is 12.1 Å². The number of carbonyl (C=O) groups is 2. The first kappa shape index (κ1) is 14.3. The molecule has 1 aliphatic heterocycles. The normalized spacial score (nSPS) is 23.6. The highest BCUT2D eigenvalue weighted by molar-refractivity contribution is 5.71. The number of carboxylic acid groups (broad SMARTS) is 1. The number of carbonyl (C=O) groups excluding carboxylic acids is 1. The molecule has 0 aliphatic carbocycles. The Morgan fingerprint density at radius 1 is 1.50 bits per heavy atom. The smallest absolute Gasteiger partial charge is 0.410 e. The summed E-state index contributed by atoms with van der Waals surface area (Å²) in [5.74, 6) is -1.03. The molecule has 1 N–H and O–H groups in total. The molecule has 1 atom stereocenters. The molecule has 1 saturated heterocycles. The molecule has 0 aromatic heterocycles. The van der Waals surface area contributed by atoms with Crippen LogP contribution in [0, 0.1) is 16.7 Å². The van der Waals surface area contributed by atoms with E-state index in [0.29, 0.717) is 13.0 Å². The van der Waals surface area contributed by atoms with Crippen LogP contribution in [0.4, 0.5) is 4.79 Å². The molecule has 0 spiro atoms. The third-order valence-electron chi connectivity index (χ3n) is 2.73. The Hall–Kier alpha value is -1.77. The third kappa shape index (κ3) is 3.62. The van der Waals surface area contributed by atoms with E-state index in [-0.39, 0.29) is 13.0 Å². The Kier molecular flexibility index (Phi) is 3.85. The predicted molar refractivity (Wildman–Crippen MR) is 62.7 cm³/mol. The number of nitriles is 1. The summed E-state index contributed by atoms with van der Waals surface area (Å²) in [5, 5.41) is 17.9. The standard InChI is InChI=1S/C12H18N2O4/c1-11(2,3)18-10(17)14-5-4-12(7-13,8-14)6-9(15)16/h4-6,8H2,1-3H3,(H,15,16)/t12-/m1/s1. The van der Waals surface area contributed by atoms with Crippen LogP contribution < -0.4 is 0 Å². The summed E-state index contributed by atoms with van der Waals surface area (Å²) < 4.78 is 5.19. The maximum atomic E-state index is 11.8. The van der Waals surface area contributed by atoms with Gasteiger partial charge in [-0.15, -0.1) is 0 Å². The van der Waals surface area contributed by atoms with Crippen molar-refractivity contribution in [2.24, 2.45) is 5.41 Å². The van der Waals surface area contributed by atoms with Crippen molar-refractivity contribution >= 4 is 12.1 Å². The van der Waals surface area contributed by atoms with Crippen LogP contribution in [0.2, 0.25) is 0 Å². The maximum absolute atomic E-state index is 11.8. The highest BCUT2D eigenvalue weighted by atomic mass is 16.6. The number of ether oxygens (including phenoxy) is 1. The minimum Gasteiger partial charge on any atom is -0.481 e. The number of nitrogens with zero attached hydrogens (tertiary/aromatic N) is 2. The van der Waals surface area contributed by atoms with E-state index >= 15 is 0 Å². The van der Waals surface area contributed by atoms with Crippen LogP contribution in [-0.4, -0.2) is 40.8 Å². The summed E-state index contributed by atoms with van der Waals surface area (Å²) in [5.41, 5.74) is -1.58. The van der Waals surface area contributed by atoms with E-state index in [2.05, 4.69) is 0 Å². The first-order chi connectivity index (χ1) is 8.17. The second-order valence-corrected chi connectivity index (χ2v) is 5.61. The van der Waals surface area contributed by atoms with Crippen LogP contribution in [0.1, 0.15) is 33.6 Å². The van der Waals surface area contributed by atoms with Gasteiger partial charge in [0.25, 0.3) is 0 Å². The molecule has 0 saturated carbocycles. The molecule has 1 aliphatic rings. The number of aliphatic carboxylic acids is 1. The van der Waals surface area contributed by atoms with Gasteiger partial charge in [-0.1, -0.05) is 0 Å². The number of likely N-dealkylation sites (tertiary alicyclic amines) is 1. The number of hydrogen-bond donors (Lipinski definition) is 1. The molecule has 18 heavy (non-hydrogen) atoms. The van der Waals surface area contributed by atoms with Gasteiger partial charge in [0.15, 0.2) is 0 Å². The Balaban J connectivity index is 2.68. The maximum Gasteiger partial charge on any atom is 0.410 e. The average Bonchev–Trinajstić information content (AvgIpc) is 2.59. The third-order valence-corrected chi connectivity index (χ3v) is 2.73. The van der Waals surface area contributed by atoms with E-state index in [4.69, 9.17) is 15.1 Å². The Morgan fingerprint density at radius 2 is 2.11 bits per heavy atom. The van der Waals surface area contributed by atoms with Crippen LogP contribution >= 0.6 is 0 Å². The van der Waals surface area contributed by atoms with Crippen molar-refractivity contribution in [1.29, 1.82) is 5.26 Å². The van der Waals surface area contributed by atoms with Crippen LogP contribution in [-0.2, 0) is 9.53 Å². The predicted octanol–water partition coefficient (Wildman–Crippen LogP) is 1.61. The van der Waals surface area contributed by atoms with E-state index in [0.717, 1.165) is 0 Å². The van der Waals surface area contributed by atoms with E-state index in [9.17, 15) is 9.59 Å². The van der Waals surface area contributed by atoms with Crippen molar-refractivity contribution in [3.05, 3.63) is 0 Å². The lowest BCUT2D eigenvalue weighted by Crippen LogP contribution is -2.37. The average molecular weight is 254 g/mol. The van der Waals surface area contributed by atoms with E-state index < -0.39 is 23.1 Å². The molecule has 0 aromatic carbocycles. The SMILES string of the molecule is CC(C)(C)OC(=O)N1CC[C@](C#N)(CC(=O)O)C1. The number of rotatable bonds is 2. The molecular weight excluding hydrogens is 236 g/mol. The second-order valence-electron chi connectivity index (χ2n) is 5.61. The second kappa shape index (κ2) is 4.84. The molecule has 6 heteroatoms. The lowest BCUT2D eigenvalue weighted by molar-refractivity contribution is -0.138. The Labute approximate surface area is 106 Å². The molecule has 100 valence electrons. The van der Waals surface area contributed by atoms with Crippen LogP contribution in [0.25, 0.3) is 0 Å². The van der Waals surface area contributed by atoms with Gasteiger partial charge in [-0.05, 0) is 27.2 Å². The number of amides is 1. The summed E-state index contributed by atoms with van der Waals surface area (Å²) in [7, 11) is 0. The summed E-state index contributed by atoms with van der Waals surface area (Å²) in [6.07, 6.45) is -0.372. The zero-order chi connectivity index (χ0) is 14.0. The van der Waals surface area contributed by atoms with Crippen LogP contribution in [0.5, 0.6) is 0 Å². The fourth-order valence-corrected chi connectivity index (χ4v) is 1.92. The molecule has 1 fully saturated rings. The lowest BCUT2D eigenvalue weighted by Gasteiger charge is -2.25. The van der Waals surface area contributed by atoms with Gasteiger partial charge in [0.2, 0.25) is 0 Å². The number of carboxylic acids is 1. The fraction of sp³-hybridized carbons (Fsp3) is 0.750. The molecule has 0 unspecified atom stereocenters. The van der Waals surface area contributed by atoms with E-state index in [1.54, 1.807) is 20.8 Å². The van der Waals surface area contributed by atoms with Crippen molar-refractivity contribution < 1.29 is 19.4 Å². The van der Waals surface area contributed by atoms with E-state index in [1.165, 1.54) is 4.90 Å². The lowest BCUT2D eigenvalue weighted by atomic mass is 9.85. The molecule has 0 bridgehead atoms. The van der Waals surface area contributed by atoms with Gasteiger partial charge in [-0.2, -0.15) is 5.26 Å². The highest BCUT2D eigenvalue weighted by Crippen LogP contribution is 2.34. The fourth-order valence-electron chi connectivity index (χ4n) is 1.92.